The second kappa shape index (κ2) is 7.60. The topological polar surface area (TPSA) is 97.0 Å². The lowest BCUT2D eigenvalue weighted by Gasteiger charge is -2.15. The molecule has 0 aliphatic rings. The van der Waals surface area contributed by atoms with Gasteiger partial charge < -0.3 is 0 Å². The molecule has 0 aromatic carbocycles. The third-order valence-electron chi connectivity index (χ3n) is 1.38. The van der Waals surface area contributed by atoms with E-state index in [0.717, 1.165) is 4.90 Å². The van der Waals surface area contributed by atoms with Crippen molar-refractivity contribution in [2.45, 2.75) is 6.42 Å². The molecule has 0 fully saturated rings. The van der Waals surface area contributed by atoms with E-state index in [2.05, 4.69) is 0 Å². The summed E-state index contributed by atoms with van der Waals surface area (Å²) in [6.07, 6.45) is 0.0141. The van der Waals surface area contributed by atoms with E-state index in [0.29, 0.717) is 0 Å². The maximum absolute atomic E-state index is 11.3. The number of amides is 3. The molecule has 7 heteroatoms. The van der Waals surface area contributed by atoms with Gasteiger partial charge in [-0.15, -0.1) is 11.6 Å². The van der Waals surface area contributed by atoms with Gasteiger partial charge in [0.15, 0.2) is 0 Å². The lowest BCUT2D eigenvalue weighted by molar-refractivity contribution is -0.119. The largest absolute Gasteiger partial charge is 0.325 e. The Labute approximate surface area is 92.0 Å². The number of carbonyl (C=O) groups is 2. The van der Waals surface area contributed by atoms with E-state index in [9.17, 15) is 9.59 Å². The zero-order valence-electron chi connectivity index (χ0n) is 7.86. The molecule has 0 aromatic rings. The van der Waals surface area contributed by atoms with Gasteiger partial charge in [-0.3, -0.25) is 15.0 Å². The molecule has 0 bridgehead atoms. The van der Waals surface area contributed by atoms with Crippen LogP contribution in [0.4, 0.5) is 4.79 Å². The number of urea groups is 1. The second-order valence-electron chi connectivity index (χ2n) is 2.46. The standard InChI is InChI=1S/C8H9ClN4O2/c9-2-1-7(14)12-8(15)13(5-3-10)6-4-11/h1-2,5-6H2,(H,12,14,15). The van der Waals surface area contributed by atoms with Crippen molar-refractivity contribution in [2.24, 2.45) is 0 Å². The summed E-state index contributed by atoms with van der Waals surface area (Å²) < 4.78 is 0. The Bertz CT molecular complexity index is 302. The third-order valence-corrected chi connectivity index (χ3v) is 1.57. The van der Waals surface area contributed by atoms with Gasteiger partial charge in [0.2, 0.25) is 5.91 Å². The van der Waals surface area contributed by atoms with Crippen LogP contribution in [0.2, 0.25) is 0 Å². The number of hydrogen-bond donors (Lipinski definition) is 1. The number of rotatable bonds is 4. The fraction of sp³-hybridized carbons (Fsp3) is 0.500. The third kappa shape index (κ3) is 5.50. The Balaban J connectivity index is 4.21. The van der Waals surface area contributed by atoms with Crippen molar-refractivity contribution in [2.75, 3.05) is 19.0 Å². The number of nitriles is 2. The second-order valence-corrected chi connectivity index (χ2v) is 2.84. The van der Waals surface area contributed by atoms with Gasteiger partial charge >= 0.3 is 6.03 Å². The van der Waals surface area contributed by atoms with Crippen LogP contribution in [0.15, 0.2) is 0 Å². The predicted octanol–water partition coefficient (Wildman–Crippen LogP) is 0.201. The van der Waals surface area contributed by atoms with Crippen LogP contribution in [0.3, 0.4) is 0 Å². The van der Waals surface area contributed by atoms with E-state index in [-0.39, 0.29) is 25.4 Å². The molecule has 15 heavy (non-hydrogen) atoms. The number of nitrogens with one attached hydrogen (secondary N) is 1. The molecule has 0 rings (SSSR count). The zero-order chi connectivity index (χ0) is 11.7. The van der Waals surface area contributed by atoms with Gasteiger partial charge in [0, 0.05) is 12.3 Å². The normalized spacial score (nSPS) is 8.47. The molecule has 1 N–H and O–H groups in total. The summed E-state index contributed by atoms with van der Waals surface area (Å²) >= 11 is 5.29. The van der Waals surface area contributed by atoms with Crippen molar-refractivity contribution in [1.29, 1.82) is 10.5 Å². The molecule has 0 saturated carbocycles. The number of carbonyl (C=O) groups excluding carboxylic acids is 2. The maximum Gasteiger partial charge on any atom is 0.325 e. The van der Waals surface area contributed by atoms with Crippen molar-refractivity contribution in [3.8, 4) is 12.1 Å². The summed E-state index contributed by atoms with van der Waals surface area (Å²) in [4.78, 5) is 23.1. The fourth-order valence-corrected chi connectivity index (χ4v) is 0.889. The molecule has 3 amide bonds. The van der Waals surface area contributed by atoms with Gasteiger partial charge in [-0.2, -0.15) is 10.5 Å². The number of imide groups is 1. The number of hydrogen-bond acceptors (Lipinski definition) is 4. The summed E-state index contributed by atoms with van der Waals surface area (Å²) in [5, 5.41) is 18.7. The Hall–Kier alpha value is -1.79. The first-order chi connectivity index (χ1) is 7.15. The van der Waals surface area contributed by atoms with Crippen molar-refractivity contribution >= 4 is 23.5 Å². The molecule has 0 aliphatic carbocycles. The molecule has 0 unspecified atom stereocenters. The Morgan fingerprint density at radius 3 is 2.20 bits per heavy atom. The molecule has 6 nitrogen and oxygen atoms in total. The molecule has 0 heterocycles. The lowest BCUT2D eigenvalue weighted by atomic mass is 10.4. The number of halogens is 1. The Morgan fingerprint density at radius 1 is 1.27 bits per heavy atom. The van der Waals surface area contributed by atoms with E-state index in [1.54, 1.807) is 12.1 Å². The molecule has 80 valence electrons. The van der Waals surface area contributed by atoms with Crippen LogP contribution >= 0.6 is 11.6 Å². The summed E-state index contributed by atoms with van der Waals surface area (Å²) in [7, 11) is 0. The van der Waals surface area contributed by atoms with Crippen molar-refractivity contribution < 1.29 is 9.59 Å². The molecular weight excluding hydrogens is 220 g/mol. The van der Waals surface area contributed by atoms with Gasteiger partial charge in [-0.25, -0.2) is 4.79 Å². The van der Waals surface area contributed by atoms with Gasteiger partial charge in [-0.1, -0.05) is 0 Å². The highest BCUT2D eigenvalue weighted by Gasteiger charge is 2.14. The monoisotopic (exact) mass is 228 g/mol. The molecule has 0 spiro atoms. The average molecular weight is 229 g/mol. The highest BCUT2D eigenvalue weighted by Crippen LogP contribution is 1.90. The Kier molecular flexibility index (Phi) is 6.69. The minimum atomic E-state index is -0.756. The minimum absolute atomic E-state index is 0.0141. The lowest BCUT2D eigenvalue weighted by Crippen LogP contribution is -2.43. The molecule has 0 aliphatic heterocycles. The van der Waals surface area contributed by atoms with Crippen molar-refractivity contribution in [3.05, 3.63) is 0 Å². The van der Waals surface area contributed by atoms with E-state index in [1.165, 1.54) is 0 Å². The van der Waals surface area contributed by atoms with E-state index < -0.39 is 11.9 Å². The molecule has 0 saturated heterocycles. The van der Waals surface area contributed by atoms with E-state index >= 15 is 0 Å². The van der Waals surface area contributed by atoms with Gasteiger partial charge in [0.1, 0.15) is 13.1 Å². The first-order valence-corrected chi connectivity index (χ1v) is 4.57. The summed E-state index contributed by atoms with van der Waals surface area (Å²) in [5.41, 5.74) is 0. The number of alkyl halides is 1. The summed E-state index contributed by atoms with van der Waals surface area (Å²) in [6.45, 7) is -0.485. The van der Waals surface area contributed by atoms with Crippen LogP contribution in [0.5, 0.6) is 0 Å². The maximum atomic E-state index is 11.3. The molecule has 0 atom stereocenters. The number of nitrogens with zero attached hydrogens (tertiary/aromatic N) is 3. The minimum Gasteiger partial charge on any atom is -0.298 e. The zero-order valence-corrected chi connectivity index (χ0v) is 8.62. The van der Waals surface area contributed by atoms with Crippen LogP contribution in [-0.2, 0) is 4.79 Å². The summed E-state index contributed by atoms with van der Waals surface area (Å²) in [6, 6.07) is 2.67. The molecular formula is C8H9ClN4O2. The van der Waals surface area contributed by atoms with Crippen LogP contribution in [0.25, 0.3) is 0 Å². The highest BCUT2D eigenvalue weighted by atomic mass is 35.5. The first kappa shape index (κ1) is 13.2. The predicted molar refractivity (Wildman–Crippen MR) is 51.7 cm³/mol. The average Bonchev–Trinajstić information content (AvgIpc) is 2.17. The van der Waals surface area contributed by atoms with E-state index in [4.69, 9.17) is 22.1 Å². The van der Waals surface area contributed by atoms with E-state index in [1.807, 2.05) is 5.32 Å². The van der Waals surface area contributed by atoms with Crippen LogP contribution in [0.1, 0.15) is 6.42 Å². The van der Waals surface area contributed by atoms with Gasteiger partial charge in [0.05, 0.1) is 12.1 Å². The summed E-state index contributed by atoms with van der Waals surface area (Å²) in [5.74, 6) is -0.425. The molecule has 0 aromatic heterocycles. The van der Waals surface area contributed by atoms with Gasteiger partial charge in [0.25, 0.3) is 0 Å². The van der Waals surface area contributed by atoms with Crippen molar-refractivity contribution in [1.82, 2.24) is 10.2 Å². The van der Waals surface area contributed by atoms with Crippen LogP contribution in [-0.4, -0.2) is 35.8 Å². The molecule has 0 radical (unpaired) electrons. The van der Waals surface area contributed by atoms with Crippen LogP contribution < -0.4 is 5.32 Å². The van der Waals surface area contributed by atoms with Crippen molar-refractivity contribution in [3.63, 3.8) is 0 Å². The quantitative estimate of drug-likeness (QED) is 0.549. The smallest absolute Gasteiger partial charge is 0.298 e. The Morgan fingerprint density at radius 2 is 1.80 bits per heavy atom. The highest BCUT2D eigenvalue weighted by molar-refractivity contribution is 6.19. The fourth-order valence-electron chi connectivity index (χ4n) is 0.717. The van der Waals surface area contributed by atoms with Crippen LogP contribution in [0, 0.1) is 22.7 Å². The SMILES string of the molecule is N#CCN(CC#N)C(=O)NC(=O)CCCl. The first-order valence-electron chi connectivity index (χ1n) is 4.04. The van der Waals surface area contributed by atoms with Gasteiger partial charge in [-0.05, 0) is 0 Å².